The summed E-state index contributed by atoms with van der Waals surface area (Å²) in [7, 11) is 0. The molecule has 0 radical (unpaired) electrons. The minimum atomic E-state index is -4.68. The maximum Gasteiger partial charge on any atom is 0.435 e. The molecule has 4 rings (SSSR count). The fourth-order valence-corrected chi connectivity index (χ4v) is 5.32. The smallest absolute Gasteiger partial charge is 0.435 e. The highest BCUT2D eigenvalue weighted by Gasteiger charge is 2.57. The number of alkyl halides is 3. The van der Waals surface area contributed by atoms with Gasteiger partial charge in [0, 0.05) is 23.3 Å². The number of rotatable bonds is 4. The molecule has 8 heteroatoms. The molecule has 1 unspecified atom stereocenters. The van der Waals surface area contributed by atoms with Gasteiger partial charge < -0.3 is 10.1 Å². The zero-order valence-corrected chi connectivity index (χ0v) is 18.9. The van der Waals surface area contributed by atoms with Crippen LogP contribution in [-0.2, 0) is 10.2 Å². The summed E-state index contributed by atoms with van der Waals surface area (Å²) in [6.45, 7) is 9.56. The fourth-order valence-electron chi connectivity index (χ4n) is 5.32. The van der Waals surface area contributed by atoms with E-state index in [2.05, 4.69) is 15.5 Å². The summed E-state index contributed by atoms with van der Waals surface area (Å²) in [5.74, 6) is 0.410. The standard InChI is InChI=1S/C24H28F3N3O2/c1-6-23(14-8-7-9-15(10-14)32-13(2)3)18-16(11-22(4,5)12-17(18)31)28-21-19(23)20(29-30-21)24(25,26)27/h7-10,13,21,28H,6,11-12H2,1-5H3/t21?,23-/m0/s1. The largest absolute Gasteiger partial charge is 0.491 e. The van der Waals surface area contributed by atoms with Crippen LogP contribution in [0.1, 0.15) is 59.4 Å². The van der Waals surface area contributed by atoms with E-state index in [1.165, 1.54) is 0 Å². The molecule has 0 aromatic heterocycles. The molecule has 0 fully saturated rings. The van der Waals surface area contributed by atoms with Crippen molar-refractivity contribution in [3.63, 3.8) is 0 Å². The van der Waals surface area contributed by atoms with Gasteiger partial charge in [0.2, 0.25) is 0 Å². The summed E-state index contributed by atoms with van der Waals surface area (Å²) in [5.41, 5.74) is -0.939. The molecule has 1 aromatic rings. The average Bonchev–Trinajstić information content (AvgIpc) is 3.09. The third-order valence-corrected chi connectivity index (χ3v) is 6.37. The molecule has 2 atom stereocenters. The number of hydrogen-bond donors (Lipinski definition) is 1. The van der Waals surface area contributed by atoms with Crippen LogP contribution in [0.4, 0.5) is 13.2 Å². The maximum absolute atomic E-state index is 14.1. The third-order valence-electron chi connectivity index (χ3n) is 6.37. The van der Waals surface area contributed by atoms with Crippen molar-refractivity contribution in [2.24, 2.45) is 15.6 Å². The quantitative estimate of drug-likeness (QED) is 0.618. The maximum atomic E-state index is 14.1. The van der Waals surface area contributed by atoms with Gasteiger partial charge in [-0.1, -0.05) is 32.9 Å². The van der Waals surface area contributed by atoms with E-state index in [1.54, 1.807) is 24.3 Å². The van der Waals surface area contributed by atoms with E-state index >= 15 is 0 Å². The highest BCUT2D eigenvalue weighted by molar-refractivity contribution is 6.01. The number of ketones is 1. The molecule has 32 heavy (non-hydrogen) atoms. The van der Waals surface area contributed by atoms with Crippen LogP contribution in [0, 0.1) is 5.41 Å². The van der Waals surface area contributed by atoms with E-state index in [1.807, 2.05) is 34.6 Å². The molecule has 2 heterocycles. The number of benzene rings is 1. The first-order chi connectivity index (χ1) is 14.9. The monoisotopic (exact) mass is 447 g/mol. The molecular weight excluding hydrogens is 419 g/mol. The first-order valence-corrected chi connectivity index (χ1v) is 10.9. The zero-order valence-electron chi connectivity index (χ0n) is 18.9. The van der Waals surface area contributed by atoms with Gasteiger partial charge in [-0.2, -0.15) is 18.3 Å². The van der Waals surface area contributed by atoms with E-state index in [9.17, 15) is 18.0 Å². The minimum Gasteiger partial charge on any atom is -0.491 e. The van der Waals surface area contributed by atoms with Crippen molar-refractivity contribution in [2.75, 3.05) is 0 Å². The Kier molecular flexibility index (Phi) is 5.25. The van der Waals surface area contributed by atoms with Crippen LogP contribution >= 0.6 is 0 Å². The first kappa shape index (κ1) is 22.6. The lowest BCUT2D eigenvalue weighted by atomic mass is 9.58. The van der Waals surface area contributed by atoms with Gasteiger partial charge in [0.15, 0.2) is 17.6 Å². The van der Waals surface area contributed by atoms with Crippen LogP contribution < -0.4 is 10.1 Å². The lowest BCUT2D eigenvalue weighted by Gasteiger charge is -2.48. The lowest BCUT2D eigenvalue weighted by molar-refractivity contribution is -0.119. The molecule has 3 aliphatic rings. The molecule has 5 nitrogen and oxygen atoms in total. The first-order valence-electron chi connectivity index (χ1n) is 10.9. The molecular formula is C24H28F3N3O2. The van der Waals surface area contributed by atoms with Crippen molar-refractivity contribution in [1.29, 1.82) is 0 Å². The second-order valence-electron chi connectivity index (χ2n) is 9.77. The number of hydrogen-bond acceptors (Lipinski definition) is 5. The summed E-state index contributed by atoms with van der Waals surface area (Å²) in [6, 6.07) is 7.06. The van der Waals surface area contributed by atoms with E-state index in [4.69, 9.17) is 4.74 Å². The molecule has 2 aliphatic heterocycles. The number of nitrogens with zero attached hydrogens (tertiary/aromatic N) is 2. The number of nitrogens with one attached hydrogen (secondary N) is 1. The molecule has 172 valence electrons. The van der Waals surface area contributed by atoms with Crippen LogP contribution in [0.3, 0.4) is 0 Å². The van der Waals surface area contributed by atoms with Crippen molar-refractivity contribution in [3.8, 4) is 5.75 Å². The number of fused-ring (bicyclic) bond motifs is 1. The van der Waals surface area contributed by atoms with Gasteiger partial charge in [-0.15, -0.1) is 5.11 Å². The Morgan fingerprint density at radius 2 is 1.97 bits per heavy atom. The Balaban J connectivity index is 2.04. The van der Waals surface area contributed by atoms with Gasteiger partial charge in [-0.05, 0) is 49.8 Å². The van der Waals surface area contributed by atoms with E-state index < -0.39 is 23.5 Å². The van der Waals surface area contributed by atoms with Gasteiger partial charge in [0.25, 0.3) is 0 Å². The van der Waals surface area contributed by atoms with Gasteiger partial charge in [-0.25, -0.2) is 0 Å². The second-order valence-corrected chi connectivity index (χ2v) is 9.77. The number of ether oxygens (including phenoxy) is 1. The minimum absolute atomic E-state index is 0.000929. The topological polar surface area (TPSA) is 63.0 Å². The van der Waals surface area contributed by atoms with Gasteiger partial charge in [0.05, 0.1) is 11.5 Å². The molecule has 0 amide bonds. The Bertz CT molecular complexity index is 1050. The molecule has 0 spiro atoms. The number of halogens is 3. The van der Waals surface area contributed by atoms with Crippen molar-refractivity contribution >= 4 is 5.78 Å². The molecule has 1 aliphatic carbocycles. The number of allylic oxidation sites excluding steroid dienone is 3. The number of carbonyl (C=O) groups excluding carboxylic acids is 1. The second kappa shape index (κ2) is 7.46. The van der Waals surface area contributed by atoms with Crippen molar-refractivity contribution in [1.82, 2.24) is 5.32 Å². The van der Waals surface area contributed by atoms with E-state index in [-0.39, 0.29) is 35.7 Å². The summed E-state index contributed by atoms with van der Waals surface area (Å²) in [6.07, 6.45) is -4.65. The van der Waals surface area contributed by atoms with Gasteiger partial charge >= 0.3 is 6.18 Å². The van der Waals surface area contributed by atoms with Crippen LogP contribution in [0.2, 0.25) is 0 Å². The highest BCUT2D eigenvalue weighted by Crippen LogP contribution is 2.56. The van der Waals surface area contributed by atoms with Crippen LogP contribution in [0.15, 0.2) is 57.0 Å². The summed E-state index contributed by atoms with van der Waals surface area (Å²) < 4.78 is 48.0. The predicted molar refractivity (Wildman–Crippen MR) is 114 cm³/mol. The Morgan fingerprint density at radius 1 is 1.25 bits per heavy atom. The van der Waals surface area contributed by atoms with Crippen LogP contribution in [0.25, 0.3) is 0 Å². The summed E-state index contributed by atoms with van der Waals surface area (Å²) >= 11 is 0. The predicted octanol–water partition coefficient (Wildman–Crippen LogP) is 5.98. The fraction of sp³-hybridized carbons (Fsp3) is 0.542. The zero-order chi connectivity index (χ0) is 23.5. The van der Waals surface area contributed by atoms with E-state index in [0.717, 1.165) is 0 Å². The Morgan fingerprint density at radius 3 is 2.59 bits per heavy atom. The summed E-state index contributed by atoms with van der Waals surface area (Å²) in [5, 5.41) is 10.6. The van der Waals surface area contributed by atoms with E-state index in [0.29, 0.717) is 29.0 Å². The van der Waals surface area contributed by atoms with Gasteiger partial charge in [-0.3, -0.25) is 4.79 Å². The Hall–Kier alpha value is -2.64. The molecule has 0 saturated heterocycles. The molecule has 1 N–H and O–H groups in total. The van der Waals surface area contributed by atoms with Crippen LogP contribution in [-0.4, -0.2) is 24.2 Å². The normalized spacial score (nSPS) is 26.9. The summed E-state index contributed by atoms with van der Waals surface area (Å²) in [4.78, 5) is 13.5. The third kappa shape index (κ3) is 3.53. The average molecular weight is 448 g/mol. The van der Waals surface area contributed by atoms with Crippen molar-refractivity contribution < 1.29 is 22.7 Å². The molecule has 0 saturated carbocycles. The van der Waals surface area contributed by atoms with Crippen molar-refractivity contribution in [2.45, 2.75) is 77.7 Å². The Labute approximate surface area is 185 Å². The number of Topliss-reactive ketones (excluding diaryl/α,β-unsaturated/α-hetero) is 1. The van der Waals surface area contributed by atoms with Crippen molar-refractivity contribution in [3.05, 3.63) is 52.4 Å². The molecule has 1 aromatic carbocycles. The lowest BCUT2D eigenvalue weighted by Crippen LogP contribution is -2.52. The van der Waals surface area contributed by atoms with Crippen LogP contribution in [0.5, 0.6) is 5.75 Å². The van der Waals surface area contributed by atoms with Gasteiger partial charge in [0.1, 0.15) is 5.75 Å². The number of azo groups is 1. The molecule has 0 bridgehead atoms. The highest BCUT2D eigenvalue weighted by atomic mass is 19.4. The SMILES string of the molecule is CC[C@]1(c2cccc(OC(C)C)c2)C2=C(CC(C)(C)CC2=O)NC2N=NC(C(F)(F)F)=C21. The number of carbonyl (C=O) groups is 1.